The molecule has 11 heteroatoms. The third-order valence-corrected chi connectivity index (χ3v) is 8.59. The molecular weight excluding hydrogens is 700 g/mol. The highest BCUT2D eigenvalue weighted by Crippen LogP contribution is 2.42. The summed E-state index contributed by atoms with van der Waals surface area (Å²) in [5, 5.41) is 15.4. The number of hydrogen-bond acceptors (Lipinski definition) is 7. The second-order valence-corrected chi connectivity index (χ2v) is 11.4. The second-order valence-electron chi connectivity index (χ2n) is 9.29. The Bertz CT molecular complexity index is 2170. The lowest BCUT2D eigenvalue weighted by Crippen LogP contribution is -2.20. The fraction of sp³-hybridized carbons (Fsp3) is 0.0625. The van der Waals surface area contributed by atoms with Crippen LogP contribution in [-0.4, -0.2) is 23.0 Å². The molecule has 2 aromatic heterocycles. The summed E-state index contributed by atoms with van der Waals surface area (Å²) in [6.45, 7) is 0.106. The van der Waals surface area contributed by atoms with Crippen molar-refractivity contribution in [3.8, 4) is 29.2 Å². The van der Waals surface area contributed by atoms with Crippen molar-refractivity contribution in [2.24, 2.45) is 5.10 Å². The van der Waals surface area contributed by atoms with Crippen LogP contribution >= 0.6 is 43.5 Å². The van der Waals surface area contributed by atoms with Crippen molar-refractivity contribution >= 4 is 71.5 Å². The lowest BCUT2D eigenvalue weighted by molar-refractivity contribution is 0.284. The molecule has 0 radical (unpaired) electrons. The molecule has 6 aromatic rings. The van der Waals surface area contributed by atoms with Crippen LogP contribution in [0.15, 0.2) is 102 Å². The second kappa shape index (κ2) is 12.1. The number of nitriles is 1. The zero-order valence-electron chi connectivity index (χ0n) is 22.3. The molecule has 0 fully saturated rings. The van der Waals surface area contributed by atoms with Crippen molar-refractivity contribution in [1.29, 1.82) is 5.26 Å². The molecule has 2 heterocycles. The highest BCUT2D eigenvalue weighted by atomic mass is 79.9. The summed E-state index contributed by atoms with van der Waals surface area (Å²) in [7, 11) is 1.49. The van der Waals surface area contributed by atoms with Crippen LogP contribution in [0.5, 0.6) is 11.5 Å². The number of benzene rings is 4. The van der Waals surface area contributed by atoms with E-state index < -0.39 is 0 Å². The highest BCUT2D eigenvalue weighted by Gasteiger charge is 2.20. The predicted octanol–water partition coefficient (Wildman–Crippen LogP) is 8.33. The fourth-order valence-electron chi connectivity index (χ4n) is 4.52. The lowest BCUT2D eigenvalue weighted by Gasteiger charge is -2.15. The maximum Gasteiger partial charge on any atom is 0.282 e. The van der Waals surface area contributed by atoms with Gasteiger partial charge in [-0.15, -0.1) is 0 Å². The van der Waals surface area contributed by atoms with Gasteiger partial charge in [0.25, 0.3) is 5.56 Å². The fourth-order valence-corrected chi connectivity index (χ4v) is 5.56. The largest absolute Gasteiger partial charge is 0.493 e. The minimum Gasteiger partial charge on any atom is -0.493 e. The molecule has 0 atom stereocenters. The zero-order valence-corrected chi connectivity index (χ0v) is 26.3. The van der Waals surface area contributed by atoms with Crippen LogP contribution < -0.4 is 15.0 Å². The number of hydrogen-bond donors (Lipinski definition) is 0. The van der Waals surface area contributed by atoms with E-state index in [1.807, 2.05) is 42.5 Å². The number of ether oxygens (including phenoxy) is 2. The van der Waals surface area contributed by atoms with E-state index in [0.29, 0.717) is 54.9 Å². The van der Waals surface area contributed by atoms with E-state index in [2.05, 4.69) is 43.0 Å². The number of methoxy groups -OCH3 is 1. The average Bonchev–Trinajstić information content (AvgIpc) is 3.45. The van der Waals surface area contributed by atoms with Crippen LogP contribution in [0.25, 0.3) is 33.5 Å². The van der Waals surface area contributed by atoms with Gasteiger partial charge in [0.1, 0.15) is 17.2 Å². The zero-order chi connectivity index (χ0) is 30.1. The number of para-hydroxylation sites is 1. The summed E-state index contributed by atoms with van der Waals surface area (Å²) < 4.78 is 20.2. The van der Waals surface area contributed by atoms with E-state index in [9.17, 15) is 10.1 Å². The third-order valence-electron chi connectivity index (χ3n) is 6.65. The van der Waals surface area contributed by atoms with Crippen LogP contribution in [0.3, 0.4) is 0 Å². The molecule has 6 rings (SSSR count). The topological polar surface area (TPSA) is 103 Å². The Morgan fingerprint density at radius 1 is 1.09 bits per heavy atom. The van der Waals surface area contributed by atoms with Crippen molar-refractivity contribution in [1.82, 2.24) is 9.66 Å². The van der Waals surface area contributed by atoms with Gasteiger partial charge in [-0.1, -0.05) is 57.9 Å². The monoisotopic (exact) mass is 716 g/mol. The Morgan fingerprint density at radius 3 is 2.70 bits per heavy atom. The highest BCUT2D eigenvalue weighted by molar-refractivity contribution is 9.10. The lowest BCUT2D eigenvalue weighted by atomic mass is 10.1. The first kappa shape index (κ1) is 28.7. The van der Waals surface area contributed by atoms with Gasteiger partial charge in [-0.3, -0.25) is 4.79 Å². The first-order valence-corrected chi connectivity index (χ1v) is 14.8. The molecule has 0 bridgehead atoms. The van der Waals surface area contributed by atoms with Gasteiger partial charge in [-0.2, -0.15) is 15.0 Å². The summed E-state index contributed by atoms with van der Waals surface area (Å²) in [6.07, 6.45) is 1.48. The number of rotatable bonds is 7. The van der Waals surface area contributed by atoms with Gasteiger partial charge in [0.2, 0.25) is 5.82 Å². The SMILES string of the molecule is COc1cc(C=Nn2c(-c3cc4cc(Br)ccc4o3)nc3ccccc3c2=O)c(Br)c(Cl)c1OCc1ccccc1C#N. The van der Waals surface area contributed by atoms with Crippen molar-refractivity contribution in [2.75, 3.05) is 7.11 Å². The van der Waals surface area contributed by atoms with Gasteiger partial charge < -0.3 is 13.9 Å². The quantitative estimate of drug-likeness (QED) is 0.154. The normalized spacial score (nSPS) is 11.3. The van der Waals surface area contributed by atoms with Gasteiger partial charge in [-0.25, -0.2) is 4.98 Å². The first-order valence-electron chi connectivity index (χ1n) is 12.8. The molecule has 0 N–H and O–H groups in total. The van der Waals surface area contributed by atoms with Crippen molar-refractivity contribution in [3.05, 3.63) is 120 Å². The maximum absolute atomic E-state index is 13.7. The van der Waals surface area contributed by atoms with Crippen LogP contribution in [0.1, 0.15) is 16.7 Å². The molecule has 0 spiro atoms. The molecule has 43 heavy (non-hydrogen) atoms. The van der Waals surface area contributed by atoms with Gasteiger partial charge in [0, 0.05) is 25.5 Å². The van der Waals surface area contributed by atoms with Gasteiger partial charge in [-0.05, 0) is 64.5 Å². The Kier molecular flexibility index (Phi) is 8.04. The molecule has 212 valence electrons. The van der Waals surface area contributed by atoms with E-state index in [1.165, 1.54) is 18.0 Å². The predicted molar refractivity (Wildman–Crippen MR) is 173 cm³/mol. The Morgan fingerprint density at radius 2 is 1.88 bits per heavy atom. The molecule has 8 nitrogen and oxygen atoms in total. The maximum atomic E-state index is 13.7. The molecule has 0 unspecified atom stereocenters. The van der Waals surface area contributed by atoms with E-state index >= 15 is 0 Å². The van der Waals surface area contributed by atoms with Crippen molar-refractivity contribution < 1.29 is 13.9 Å². The number of fused-ring (bicyclic) bond motifs is 2. The van der Waals surface area contributed by atoms with E-state index in [0.717, 1.165) is 9.86 Å². The first-order chi connectivity index (χ1) is 20.9. The standard InChI is InChI=1S/C32H19Br2ClN4O4/c1-41-26-14-21(28(34)29(35)30(26)42-17-19-7-3-2-6-18(19)15-36)16-37-39-31(38-24-9-5-4-8-23(24)32(39)40)27-13-20-12-22(33)10-11-25(20)43-27/h2-14,16H,17H2,1H3. The molecule has 4 aromatic carbocycles. The van der Waals surface area contributed by atoms with Gasteiger partial charge >= 0.3 is 0 Å². The van der Waals surface area contributed by atoms with Gasteiger partial charge in [0.15, 0.2) is 17.3 Å². The molecule has 0 aliphatic heterocycles. The van der Waals surface area contributed by atoms with Crippen LogP contribution in [0, 0.1) is 11.3 Å². The third kappa shape index (κ3) is 5.55. The summed E-state index contributed by atoms with van der Waals surface area (Å²) >= 11 is 13.7. The number of furan rings is 1. The Balaban J connectivity index is 1.43. The summed E-state index contributed by atoms with van der Waals surface area (Å²) in [5.74, 6) is 1.25. The number of aromatic nitrogens is 2. The minimum atomic E-state index is -0.371. The van der Waals surface area contributed by atoms with E-state index in [1.54, 1.807) is 36.4 Å². The molecular formula is C32H19Br2ClN4O4. The van der Waals surface area contributed by atoms with Crippen molar-refractivity contribution in [2.45, 2.75) is 6.61 Å². The van der Waals surface area contributed by atoms with Crippen LogP contribution in [0.4, 0.5) is 0 Å². The summed E-state index contributed by atoms with van der Waals surface area (Å²) in [5.41, 5.74) is 2.51. The molecule has 0 aliphatic rings. The van der Waals surface area contributed by atoms with E-state index in [4.69, 9.17) is 30.5 Å². The molecule has 0 aliphatic carbocycles. The molecule has 0 amide bonds. The smallest absolute Gasteiger partial charge is 0.282 e. The van der Waals surface area contributed by atoms with Crippen molar-refractivity contribution in [3.63, 3.8) is 0 Å². The Hall–Kier alpha value is -4.43. The number of nitrogens with zero attached hydrogens (tertiary/aromatic N) is 4. The van der Waals surface area contributed by atoms with Crippen LogP contribution in [-0.2, 0) is 6.61 Å². The minimum absolute atomic E-state index is 0.106. The molecule has 0 saturated heterocycles. The Labute approximate surface area is 267 Å². The average molecular weight is 719 g/mol. The summed E-state index contributed by atoms with van der Waals surface area (Å²) in [6, 6.07) is 25.5. The molecule has 0 saturated carbocycles. The summed E-state index contributed by atoms with van der Waals surface area (Å²) in [4.78, 5) is 18.4. The number of halogens is 3. The van der Waals surface area contributed by atoms with E-state index in [-0.39, 0.29) is 23.0 Å². The van der Waals surface area contributed by atoms with Crippen LogP contribution in [0.2, 0.25) is 5.02 Å². The van der Waals surface area contributed by atoms with Gasteiger partial charge in [0.05, 0.1) is 35.9 Å².